The average Bonchev–Trinajstić information content (AvgIpc) is 2.32. The number of hydrogen-bond acceptors (Lipinski definition) is 3. The molecule has 3 N–H and O–H groups in total. The zero-order chi connectivity index (χ0) is 14.7. The Kier molecular flexibility index (Phi) is 12.9. The molecule has 0 spiro atoms. The highest BCUT2D eigenvalue weighted by molar-refractivity contribution is 14.0. The lowest BCUT2D eigenvalue weighted by Crippen LogP contribution is -2.44. The molecule has 0 bridgehead atoms. The smallest absolute Gasteiger partial charge is 0.383 e. The van der Waals surface area contributed by atoms with Gasteiger partial charge in [0, 0.05) is 27.2 Å². The first-order chi connectivity index (χ1) is 8.89. The summed E-state index contributed by atoms with van der Waals surface area (Å²) in [6.45, 7) is 0.394. The van der Waals surface area contributed by atoms with Crippen LogP contribution in [-0.4, -0.2) is 58.4 Å². The van der Waals surface area contributed by atoms with Crippen LogP contribution in [0.3, 0.4) is 0 Å². The van der Waals surface area contributed by atoms with Crippen LogP contribution in [0.15, 0.2) is 4.99 Å². The third-order valence-electron chi connectivity index (χ3n) is 1.97. The Hall–Kier alpha value is -0.780. The van der Waals surface area contributed by atoms with Crippen LogP contribution in [0.2, 0.25) is 0 Å². The predicted molar refractivity (Wildman–Crippen MR) is 80.3 cm³/mol. The van der Waals surface area contributed by atoms with Gasteiger partial charge in [0.1, 0.15) is 0 Å². The van der Waals surface area contributed by atoms with Crippen molar-refractivity contribution in [3.05, 3.63) is 0 Å². The summed E-state index contributed by atoms with van der Waals surface area (Å²) in [4.78, 5) is 15.0. The standard InChI is InChI=1S/C10H19F3N4O2.HI/c1-14-9(16-4-3-10(11,12)13)17-7-8(18)15-5-6-19-2;/h3-7H2,1-2H3,(H,15,18)(H2,14,16,17);1H. The zero-order valence-corrected chi connectivity index (χ0v) is 13.7. The van der Waals surface area contributed by atoms with Crippen LogP contribution in [0.5, 0.6) is 0 Å². The molecule has 0 aromatic carbocycles. The molecule has 0 unspecified atom stereocenters. The molecule has 0 rings (SSSR count). The molecule has 0 radical (unpaired) electrons. The fourth-order valence-electron chi connectivity index (χ4n) is 1.06. The number of amides is 1. The summed E-state index contributed by atoms with van der Waals surface area (Å²) < 4.78 is 40.5. The lowest BCUT2D eigenvalue weighted by atomic mass is 10.4. The number of nitrogens with zero attached hydrogens (tertiary/aromatic N) is 1. The van der Waals surface area contributed by atoms with Gasteiger partial charge in [0.15, 0.2) is 5.96 Å². The number of rotatable bonds is 7. The van der Waals surface area contributed by atoms with Gasteiger partial charge in [0.05, 0.1) is 19.6 Å². The van der Waals surface area contributed by atoms with E-state index in [0.29, 0.717) is 13.2 Å². The number of guanidine groups is 1. The van der Waals surface area contributed by atoms with E-state index in [2.05, 4.69) is 20.9 Å². The highest BCUT2D eigenvalue weighted by atomic mass is 127. The van der Waals surface area contributed by atoms with E-state index in [4.69, 9.17) is 4.74 Å². The quantitative estimate of drug-likeness (QED) is 0.246. The van der Waals surface area contributed by atoms with Crippen LogP contribution in [0.25, 0.3) is 0 Å². The third kappa shape index (κ3) is 13.6. The van der Waals surface area contributed by atoms with Crippen molar-refractivity contribution in [2.45, 2.75) is 12.6 Å². The van der Waals surface area contributed by atoms with Gasteiger partial charge in [-0.2, -0.15) is 13.2 Å². The maximum Gasteiger partial charge on any atom is 0.390 e. The topological polar surface area (TPSA) is 74.8 Å². The number of halogens is 4. The Morgan fingerprint density at radius 1 is 1.20 bits per heavy atom. The third-order valence-corrected chi connectivity index (χ3v) is 1.97. The molecule has 0 saturated carbocycles. The van der Waals surface area contributed by atoms with Gasteiger partial charge in [-0.15, -0.1) is 24.0 Å². The van der Waals surface area contributed by atoms with Crippen LogP contribution in [0.4, 0.5) is 13.2 Å². The zero-order valence-electron chi connectivity index (χ0n) is 11.3. The Balaban J connectivity index is 0. The van der Waals surface area contributed by atoms with E-state index in [0.717, 1.165) is 0 Å². The lowest BCUT2D eigenvalue weighted by Gasteiger charge is -2.12. The second-order valence-corrected chi connectivity index (χ2v) is 3.56. The molecular weight excluding hydrogens is 392 g/mol. The van der Waals surface area contributed by atoms with Crippen LogP contribution >= 0.6 is 24.0 Å². The van der Waals surface area contributed by atoms with Crippen molar-refractivity contribution in [1.29, 1.82) is 0 Å². The Morgan fingerprint density at radius 3 is 2.35 bits per heavy atom. The van der Waals surface area contributed by atoms with Crippen molar-refractivity contribution in [2.24, 2.45) is 4.99 Å². The van der Waals surface area contributed by atoms with E-state index in [-0.39, 0.29) is 48.9 Å². The number of nitrogens with one attached hydrogen (secondary N) is 3. The molecule has 120 valence electrons. The number of carbonyl (C=O) groups is 1. The Bertz CT molecular complexity index is 301. The molecule has 0 aromatic heterocycles. The summed E-state index contributed by atoms with van der Waals surface area (Å²) in [6, 6.07) is 0. The van der Waals surface area contributed by atoms with Crippen LogP contribution in [0.1, 0.15) is 6.42 Å². The minimum absolute atomic E-state index is 0. The van der Waals surface area contributed by atoms with Crippen LogP contribution in [0, 0.1) is 0 Å². The van der Waals surface area contributed by atoms with E-state index in [9.17, 15) is 18.0 Å². The van der Waals surface area contributed by atoms with E-state index in [1.807, 2.05) is 0 Å². The Morgan fingerprint density at radius 2 is 1.85 bits per heavy atom. The Labute approximate surface area is 132 Å². The second-order valence-electron chi connectivity index (χ2n) is 3.56. The van der Waals surface area contributed by atoms with E-state index >= 15 is 0 Å². The fourth-order valence-corrected chi connectivity index (χ4v) is 1.06. The van der Waals surface area contributed by atoms with Gasteiger partial charge < -0.3 is 20.7 Å². The highest BCUT2D eigenvalue weighted by Gasteiger charge is 2.26. The summed E-state index contributed by atoms with van der Waals surface area (Å²) in [5.41, 5.74) is 0. The van der Waals surface area contributed by atoms with Gasteiger partial charge in [0.25, 0.3) is 0 Å². The normalized spacial score (nSPS) is 11.6. The summed E-state index contributed by atoms with van der Waals surface area (Å²) in [7, 11) is 2.92. The number of methoxy groups -OCH3 is 1. The van der Waals surface area contributed by atoms with Crippen molar-refractivity contribution in [3.63, 3.8) is 0 Å². The van der Waals surface area contributed by atoms with Crippen molar-refractivity contribution in [2.75, 3.05) is 40.4 Å². The lowest BCUT2D eigenvalue weighted by molar-refractivity contribution is -0.132. The second kappa shape index (κ2) is 12.0. The van der Waals surface area contributed by atoms with E-state index in [1.54, 1.807) is 0 Å². The molecule has 6 nitrogen and oxygen atoms in total. The summed E-state index contributed by atoms with van der Waals surface area (Å²) >= 11 is 0. The van der Waals surface area contributed by atoms with Gasteiger partial charge in [0.2, 0.25) is 5.91 Å². The molecule has 0 atom stereocenters. The van der Waals surface area contributed by atoms with E-state index in [1.165, 1.54) is 14.2 Å². The van der Waals surface area contributed by atoms with Crippen molar-refractivity contribution >= 4 is 35.8 Å². The molecule has 0 aliphatic heterocycles. The highest BCUT2D eigenvalue weighted by Crippen LogP contribution is 2.17. The molecule has 0 fully saturated rings. The fraction of sp³-hybridized carbons (Fsp3) is 0.800. The average molecular weight is 412 g/mol. The van der Waals surface area contributed by atoms with Gasteiger partial charge in [-0.3, -0.25) is 9.79 Å². The van der Waals surface area contributed by atoms with Crippen LogP contribution in [-0.2, 0) is 9.53 Å². The number of alkyl halides is 3. The number of carbonyl (C=O) groups excluding carboxylic acids is 1. The molecule has 0 aliphatic carbocycles. The molecule has 0 heterocycles. The largest absolute Gasteiger partial charge is 0.390 e. The van der Waals surface area contributed by atoms with Gasteiger partial charge in [-0.05, 0) is 0 Å². The summed E-state index contributed by atoms with van der Waals surface area (Å²) in [5, 5.41) is 7.62. The van der Waals surface area contributed by atoms with Gasteiger partial charge >= 0.3 is 6.18 Å². The number of hydrogen-bond donors (Lipinski definition) is 3. The first-order valence-corrected chi connectivity index (χ1v) is 5.66. The summed E-state index contributed by atoms with van der Waals surface area (Å²) in [6.07, 6.45) is -5.18. The van der Waals surface area contributed by atoms with Crippen molar-refractivity contribution < 1.29 is 22.7 Å². The van der Waals surface area contributed by atoms with E-state index < -0.39 is 12.6 Å². The molecule has 0 saturated heterocycles. The number of ether oxygens (including phenoxy) is 1. The molecule has 0 aliphatic rings. The SMILES string of the molecule is CN=C(NCCC(F)(F)F)NCC(=O)NCCOC.I. The minimum atomic E-state index is -4.22. The first kappa shape index (κ1) is 21.5. The first-order valence-electron chi connectivity index (χ1n) is 5.66. The van der Waals surface area contributed by atoms with Crippen LogP contribution < -0.4 is 16.0 Å². The molecule has 10 heteroatoms. The monoisotopic (exact) mass is 412 g/mol. The number of aliphatic imine (C=N–C) groups is 1. The van der Waals surface area contributed by atoms with Crippen molar-refractivity contribution in [3.8, 4) is 0 Å². The summed E-state index contributed by atoms with van der Waals surface area (Å²) in [5.74, 6) is -0.151. The minimum Gasteiger partial charge on any atom is -0.383 e. The predicted octanol–water partition coefficient (Wildman–Crippen LogP) is 0.484. The molecule has 20 heavy (non-hydrogen) atoms. The molecular formula is C10H20F3IN4O2. The van der Waals surface area contributed by atoms with Gasteiger partial charge in [-0.25, -0.2) is 0 Å². The van der Waals surface area contributed by atoms with Gasteiger partial charge in [-0.1, -0.05) is 0 Å². The maximum atomic E-state index is 11.9. The molecule has 0 aromatic rings. The van der Waals surface area contributed by atoms with Crippen molar-refractivity contribution in [1.82, 2.24) is 16.0 Å². The molecule has 1 amide bonds. The maximum absolute atomic E-state index is 11.9.